The van der Waals surface area contributed by atoms with Crippen molar-refractivity contribution in [2.75, 3.05) is 26.3 Å². The second-order valence-electron chi connectivity index (χ2n) is 9.03. The zero-order chi connectivity index (χ0) is 23.9. The first-order chi connectivity index (χ1) is 17.2. The van der Waals surface area contributed by atoms with Gasteiger partial charge in [-0.1, -0.05) is 6.07 Å². The molecule has 2 aromatic heterocycles. The lowest BCUT2D eigenvalue weighted by Crippen LogP contribution is -2.19. The van der Waals surface area contributed by atoms with Gasteiger partial charge in [0.2, 0.25) is 0 Å². The molecule has 5 aromatic rings. The summed E-state index contributed by atoms with van der Waals surface area (Å²) in [7, 11) is 0. The van der Waals surface area contributed by atoms with Crippen LogP contribution in [0.1, 0.15) is 36.2 Å². The number of aromatic amines is 2. The minimum Gasteiger partial charge on any atom is -0.485 e. The van der Waals surface area contributed by atoms with Crippen molar-refractivity contribution in [3.8, 4) is 5.75 Å². The van der Waals surface area contributed by atoms with Gasteiger partial charge in [0.05, 0.1) is 29.8 Å². The molecular formula is C28H29N3O4. The van der Waals surface area contributed by atoms with E-state index >= 15 is 0 Å². The second kappa shape index (κ2) is 8.91. The largest absolute Gasteiger partial charge is 0.485 e. The molecule has 7 nitrogen and oxygen atoms in total. The highest BCUT2D eigenvalue weighted by Crippen LogP contribution is 2.42. The summed E-state index contributed by atoms with van der Waals surface area (Å²) in [4.78, 5) is 19.6. The van der Waals surface area contributed by atoms with Gasteiger partial charge in [0.25, 0.3) is 0 Å². The zero-order valence-electron chi connectivity index (χ0n) is 20.0. The van der Waals surface area contributed by atoms with Crippen molar-refractivity contribution in [3.63, 3.8) is 0 Å². The predicted octanol–water partition coefficient (Wildman–Crippen LogP) is 5.41. The first-order valence-electron chi connectivity index (χ1n) is 12.3. The van der Waals surface area contributed by atoms with Gasteiger partial charge in [-0.25, -0.2) is 4.79 Å². The molecule has 0 saturated carbocycles. The van der Waals surface area contributed by atoms with Gasteiger partial charge in [-0.2, -0.15) is 0 Å². The van der Waals surface area contributed by atoms with Crippen LogP contribution in [-0.4, -0.2) is 48.3 Å². The van der Waals surface area contributed by atoms with Crippen LogP contribution in [0.4, 0.5) is 0 Å². The smallest absolute Gasteiger partial charge is 0.338 e. The Morgan fingerprint density at radius 2 is 1.66 bits per heavy atom. The number of carbonyl (C=O) groups is 1. The van der Waals surface area contributed by atoms with Crippen molar-refractivity contribution in [1.29, 1.82) is 0 Å². The van der Waals surface area contributed by atoms with E-state index in [0.29, 0.717) is 25.4 Å². The Morgan fingerprint density at radius 3 is 2.34 bits per heavy atom. The van der Waals surface area contributed by atoms with Gasteiger partial charge in [-0.15, -0.1) is 0 Å². The number of aromatic nitrogens is 2. The fourth-order valence-electron chi connectivity index (χ4n) is 5.06. The molecule has 7 heteroatoms. The molecule has 0 aliphatic carbocycles. The number of rotatable bonds is 7. The maximum atomic E-state index is 12.4. The number of esters is 1. The van der Waals surface area contributed by atoms with Gasteiger partial charge in [0, 0.05) is 45.7 Å². The molecule has 35 heavy (non-hydrogen) atoms. The summed E-state index contributed by atoms with van der Waals surface area (Å²) in [6.45, 7) is 7.20. The van der Waals surface area contributed by atoms with E-state index in [2.05, 4.69) is 39.6 Å². The van der Waals surface area contributed by atoms with Gasteiger partial charge in [0.15, 0.2) is 5.75 Å². The molecular weight excluding hydrogens is 442 g/mol. The van der Waals surface area contributed by atoms with Crippen LogP contribution in [0.5, 0.6) is 5.75 Å². The molecule has 0 bridgehead atoms. The lowest BCUT2D eigenvalue weighted by molar-refractivity contribution is 0.0526. The van der Waals surface area contributed by atoms with E-state index in [1.807, 2.05) is 26.0 Å². The molecule has 6 rings (SSSR count). The standard InChI is InChI=1S/C28H29N3O4/c1-3-33-15-16-5-7-23-19(11-16)21-13-22-20-12-17(28(32)34-4-2)6-8-24(20)31-26(22)27(25(21)30-23)35-18-9-10-29-14-18/h5-8,11-13,18,29-31H,3-4,9-10,14-15H2,1-2H3. The molecule has 1 fully saturated rings. The maximum absolute atomic E-state index is 12.4. The first kappa shape index (κ1) is 21.9. The SMILES string of the molecule is CCOCc1ccc2[nH]c3c(OC4CCNC4)c4[nH]c5ccc(C(=O)OCC)cc5c4cc3c2c1. The molecule has 0 spiro atoms. The van der Waals surface area contributed by atoms with Crippen molar-refractivity contribution in [2.24, 2.45) is 0 Å². The Balaban J connectivity index is 1.61. The van der Waals surface area contributed by atoms with Crippen molar-refractivity contribution in [2.45, 2.75) is 33.0 Å². The quantitative estimate of drug-likeness (QED) is 0.276. The third kappa shape index (κ3) is 3.81. The van der Waals surface area contributed by atoms with Crippen LogP contribution in [0.2, 0.25) is 0 Å². The maximum Gasteiger partial charge on any atom is 0.338 e. The van der Waals surface area contributed by atoms with Crippen LogP contribution in [-0.2, 0) is 16.1 Å². The van der Waals surface area contributed by atoms with E-state index in [1.54, 1.807) is 6.07 Å². The van der Waals surface area contributed by atoms with Crippen LogP contribution >= 0.6 is 0 Å². The Morgan fingerprint density at radius 1 is 0.914 bits per heavy atom. The molecule has 3 heterocycles. The van der Waals surface area contributed by atoms with Gasteiger partial charge >= 0.3 is 5.97 Å². The molecule has 1 aliphatic heterocycles. The van der Waals surface area contributed by atoms with E-state index in [0.717, 1.165) is 74.4 Å². The summed E-state index contributed by atoms with van der Waals surface area (Å²) in [5, 5.41) is 7.61. The second-order valence-corrected chi connectivity index (χ2v) is 9.03. The normalized spacial score (nSPS) is 16.1. The van der Waals surface area contributed by atoms with E-state index < -0.39 is 0 Å². The number of carbonyl (C=O) groups excluding carboxylic acids is 1. The van der Waals surface area contributed by atoms with Crippen LogP contribution in [0.25, 0.3) is 43.6 Å². The Bertz CT molecular complexity index is 1560. The predicted molar refractivity (Wildman–Crippen MR) is 138 cm³/mol. The highest BCUT2D eigenvalue weighted by molar-refractivity contribution is 6.21. The topological polar surface area (TPSA) is 88.4 Å². The van der Waals surface area contributed by atoms with Crippen LogP contribution < -0.4 is 10.1 Å². The summed E-state index contributed by atoms with van der Waals surface area (Å²) in [6.07, 6.45) is 1.06. The number of ether oxygens (including phenoxy) is 3. The molecule has 3 N–H and O–H groups in total. The van der Waals surface area contributed by atoms with Crippen LogP contribution in [0.15, 0.2) is 42.5 Å². The monoisotopic (exact) mass is 471 g/mol. The number of fused-ring (bicyclic) bond motifs is 6. The summed E-state index contributed by atoms with van der Waals surface area (Å²) >= 11 is 0. The Labute approximate surface area is 202 Å². The molecule has 1 saturated heterocycles. The third-order valence-corrected chi connectivity index (χ3v) is 6.77. The summed E-state index contributed by atoms with van der Waals surface area (Å²) in [5.41, 5.74) is 5.59. The van der Waals surface area contributed by atoms with Crippen LogP contribution in [0.3, 0.4) is 0 Å². The molecule has 1 unspecified atom stereocenters. The number of hydrogen-bond acceptors (Lipinski definition) is 5. The van der Waals surface area contributed by atoms with Crippen molar-refractivity contribution in [1.82, 2.24) is 15.3 Å². The average molecular weight is 472 g/mol. The molecule has 180 valence electrons. The Kier molecular flexibility index (Phi) is 5.59. The fourth-order valence-corrected chi connectivity index (χ4v) is 5.06. The Hall–Kier alpha value is -3.55. The molecule has 1 atom stereocenters. The summed E-state index contributed by atoms with van der Waals surface area (Å²) in [6, 6.07) is 14.2. The molecule has 1 aliphatic rings. The van der Waals surface area contributed by atoms with Gasteiger partial charge < -0.3 is 29.5 Å². The van der Waals surface area contributed by atoms with Crippen molar-refractivity contribution >= 4 is 49.6 Å². The van der Waals surface area contributed by atoms with E-state index in [-0.39, 0.29) is 12.1 Å². The molecule has 3 aromatic carbocycles. The van der Waals surface area contributed by atoms with Gasteiger partial charge in [-0.05, 0) is 68.8 Å². The lowest BCUT2D eigenvalue weighted by atomic mass is 10.0. The van der Waals surface area contributed by atoms with Gasteiger partial charge in [0.1, 0.15) is 6.10 Å². The highest BCUT2D eigenvalue weighted by atomic mass is 16.5. The number of nitrogens with one attached hydrogen (secondary N) is 3. The average Bonchev–Trinajstić information content (AvgIpc) is 3.60. The molecule has 0 radical (unpaired) electrons. The fraction of sp³-hybridized carbons (Fsp3) is 0.321. The minimum atomic E-state index is -0.314. The van der Waals surface area contributed by atoms with Crippen LogP contribution in [0, 0.1) is 0 Å². The number of hydrogen-bond donors (Lipinski definition) is 3. The first-order valence-corrected chi connectivity index (χ1v) is 12.3. The summed E-state index contributed by atoms with van der Waals surface area (Å²) < 4.78 is 17.5. The number of H-pyrrole nitrogens is 2. The van der Waals surface area contributed by atoms with Gasteiger partial charge in [-0.3, -0.25) is 0 Å². The van der Waals surface area contributed by atoms with Crippen molar-refractivity contribution < 1.29 is 19.0 Å². The third-order valence-electron chi connectivity index (χ3n) is 6.77. The number of benzene rings is 3. The van der Waals surface area contributed by atoms with E-state index in [1.165, 1.54) is 0 Å². The lowest BCUT2D eigenvalue weighted by Gasteiger charge is -2.14. The molecule has 0 amide bonds. The van der Waals surface area contributed by atoms with Crippen molar-refractivity contribution in [3.05, 3.63) is 53.6 Å². The highest BCUT2D eigenvalue weighted by Gasteiger charge is 2.23. The van der Waals surface area contributed by atoms with E-state index in [9.17, 15) is 4.79 Å². The minimum absolute atomic E-state index is 0.102. The zero-order valence-corrected chi connectivity index (χ0v) is 20.0. The summed E-state index contributed by atoms with van der Waals surface area (Å²) in [5.74, 6) is 0.508. The van der Waals surface area contributed by atoms with E-state index in [4.69, 9.17) is 14.2 Å².